The molecule has 1 aromatic carbocycles. The molecule has 0 atom stereocenters. The topological polar surface area (TPSA) is 41.6 Å². The first kappa shape index (κ1) is 13.8. The van der Waals surface area contributed by atoms with E-state index >= 15 is 0 Å². The fourth-order valence-corrected chi connectivity index (χ4v) is 3.23. The van der Waals surface area contributed by atoms with Crippen LogP contribution in [0.4, 0.5) is 0 Å². The number of nitrogens with zero attached hydrogens (tertiary/aromatic N) is 3. The average molecular weight is 295 g/mol. The Balaban J connectivity index is 2.08. The number of hydrogen-bond acceptors (Lipinski definition) is 3. The van der Waals surface area contributed by atoms with Crippen molar-refractivity contribution >= 4 is 22.4 Å². The van der Waals surface area contributed by atoms with Gasteiger partial charge in [-0.15, -0.1) is 11.3 Å². The van der Waals surface area contributed by atoms with Gasteiger partial charge < -0.3 is 0 Å². The van der Waals surface area contributed by atoms with Crippen LogP contribution in [-0.2, 0) is 6.42 Å². The largest absolute Gasteiger partial charge is 0.295 e. The highest BCUT2D eigenvalue weighted by Gasteiger charge is 2.13. The molecule has 0 aliphatic heterocycles. The molecule has 0 saturated carbocycles. The minimum Gasteiger partial charge on any atom is -0.295 e. The summed E-state index contributed by atoms with van der Waals surface area (Å²) in [6.45, 7) is 2.21. The van der Waals surface area contributed by atoms with Crippen LogP contribution < -0.4 is 0 Å². The molecular formula is C17H17N3S. The fourth-order valence-electron chi connectivity index (χ4n) is 2.57. The minimum absolute atomic E-state index is 0.738. The summed E-state index contributed by atoms with van der Waals surface area (Å²) in [7, 11) is 0. The van der Waals surface area contributed by atoms with Crippen molar-refractivity contribution in [2.45, 2.75) is 32.6 Å². The molecular weight excluding hydrogens is 278 g/mol. The number of rotatable bonds is 5. The Kier molecular flexibility index (Phi) is 4.03. The van der Waals surface area contributed by atoms with Crippen LogP contribution in [0.5, 0.6) is 0 Å². The number of imidazole rings is 1. The van der Waals surface area contributed by atoms with E-state index in [2.05, 4.69) is 23.6 Å². The number of hydrogen-bond donors (Lipinski definition) is 0. The Morgan fingerprint density at radius 3 is 2.90 bits per heavy atom. The number of benzene rings is 1. The lowest BCUT2D eigenvalue weighted by Crippen LogP contribution is -2.00. The van der Waals surface area contributed by atoms with E-state index in [9.17, 15) is 0 Å². The van der Waals surface area contributed by atoms with E-state index in [1.807, 2.05) is 29.6 Å². The van der Waals surface area contributed by atoms with Gasteiger partial charge >= 0.3 is 0 Å². The first-order valence-corrected chi connectivity index (χ1v) is 8.17. The van der Waals surface area contributed by atoms with Gasteiger partial charge in [0, 0.05) is 11.8 Å². The third-order valence-electron chi connectivity index (χ3n) is 3.59. The molecule has 0 unspecified atom stereocenters. The van der Waals surface area contributed by atoms with Gasteiger partial charge in [0.25, 0.3) is 0 Å². The van der Waals surface area contributed by atoms with Crippen LogP contribution in [0, 0.1) is 11.3 Å². The van der Waals surface area contributed by atoms with Crippen LogP contribution in [0.2, 0.25) is 0 Å². The number of thiophene rings is 1. The van der Waals surface area contributed by atoms with E-state index < -0.39 is 0 Å². The van der Waals surface area contributed by atoms with E-state index in [-0.39, 0.29) is 0 Å². The van der Waals surface area contributed by atoms with Crippen LogP contribution in [0.15, 0.2) is 35.7 Å². The van der Waals surface area contributed by atoms with Crippen molar-refractivity contribution in [2.75, 3.05) is 0 Å². The van der Waals surface area contributed by atoms with Gasteiger partial charge in [-0.25, -0.2) is 4.98 Å². The van der Waals surface area contributed by atoms with Crippen molar-refractivity contribution in [3.63, 3.8) is 0 Å². The van der Waals surface area contributed by atoms with Gasteiger partial charge in [-0.2, -0.15) is 5.26 Å². The smallest absolute Gasteiger partial charge is 0.114 e. The van der Waals surface area contributed by atoms with Gasteiger partial charge in [-0.3, -0.25) is 4.57 Å². The Morgan fingerprint density at radius 2 is 2.14 bits per heavy atom. The zero-order valence-corrected chi connectivity index (χ0v) is 12.9. The highest BCUT2D eigenvalue weighted by atomic mass is 32.1. The molecule has 0 radical (unpaired) electrons. The maximum absolute atomic E-state index is 9.04. The second kappa shape index (κ2) is 6.11. The van der Waals surface area contributed by atoms with Crippen LogP contribution in [-0.4, -0.2) is 9.55 Å². The maximum atomic E-state index is 9.04. The summed E-state index contributed by atoms with van der Waals surface area (Å²) < 4.78 is 2.20. The molecule has 4 heteroatoms. The summed E-state index contributed by atoms with van der Waals surface area (Å²) in [5.41, 5.74) is 3.19. The number of unbranched alkanes of at least 4 members (excludes halogenated alkanes) is 2. The Hall–Kier alpha value is -2.12. The lowest BCUT2D eigenvalue weighted by atomic mass is 10.2. The second-order valence-corrected chi connectivity index (χ2v) is 6.00. The number of nitriles is 1. The summed E-state index contributed by atoms with van der Waals surface area (Å²) in [6, 6.07) is 12.4. The highest BCUT2D eigenvalue weighted by molar-refractivity contribution is 7.10. The van der Waals surface area contributed by atoms with Crippen LogP contribution in [0.3, 0.4) is 0 Å². The maximum Gasteiger partial charge on any atom is 0.114 e. The Bertz CT molecular complexity index is 792. The van der Waals surface area contributed by atoms with Gasteiger partial charge in [0.1, 0.15) is 16.8 Å². The summed E-state index contributed by atoms with van der Waals surface area (Å²) >= 11 is 1.48. The third-order valence-corrected chi connectivity index (χ3v) is 4.41. The van der Waals surface area contributed by atoms with Gasteiger partial charge in [0.05, 0.1) is 16.7 Å². The molecule has 3 rings (SSSR count). The molecule has 0 amide bonds. The zero-order chi connectivity index (χ0) is 14.7. The summed E-state index contributed by atoms with van der Waals surface area (Å²) in [4.78, 5) is 5.52. The molecule has 0 N–H and O–H groups in total. The lowest BCUT2D eigenvalue weighted by molar-refractivity contribution is 0.689. The molecule has 0 saturated heterocycles. The predicted octanol–water partition coefficient (Wildman–Crippen LogP) is 4.69. The first-order chi connectivity index (χ1) is 10.3. The number of aromatic nitrogens is 2. The van der Waals surface area contributed by atoms with Crippen molar-refractivity contribution in [1.29, 1.82) is 5.26 Å². The molecule has 2 heterocycles. The van der Waals surface area contributed by atoms with Crippen molar-refractivity contribution < 1.29 is 0 Å². The van der Waals surface area contributed by atoms with Gasteiger partial charge in [-0.1, -0.05) is 31.9 Å². The highest BCUT2D eigenvalue weighted by Crippen LogP contribution is 2.26. The number of para-hydroxylation sites is 2. The van der Waals surface area contributed by atoms with Crippen LogP contribution in [0.1, 0.15) is 36.9 Å². The van der Waals surface area contributed by atoms with E-state index in [4.69, 9.17) is 10.2 Å². The van der Waals surface area contributed by atoms with Crippen molar-refractivity contribution in [3.8, 4) is 11.8 Å². The molecule has 0 aliphatic carbocycles. The molecule has 0 aliphatic rings. The van der Waals surface area contributed by atoms with E-state index in [1.165, 1.54) is 24.2 Å². The first-order valence-electron chi connectivity index (χ1n) is 7.29. The fraction of sp³-hybridized carbons (Fsp3) is 0.294. The van der Waals surface area contributed by atoms with E-state index in [0.717, 1.165) is 40.3 Å². The van der Waals surface area contributed by atoms with Gasteiger partial charge in [0.2, 0.25) is 0 Å². The lowest BCUT2D eigenvalue weighted by Gasteiger charge is -2.06. The minimum atomic E-state index is 0.738. The van der Waals surface area contributed by atoms with Crippen molar-refractivity contribution in [2.24, 2.45) is 0 Å². The standard InChI is InChI=1S/C17H17N3S/c1-2-3-4-9-17-19-15-7-5-6-8-16(15)20(17)13-10-14(11-18)21-12-13/h5-8,10,12H,2-4,9H2,1H3. The van der Waals surface area contributed by atoms with Crippen molar-refractivity contribution in [1.82, 2.24) is 9.55 Å². The molecule has 0 bridgehead atoms. The molecule has 0 fully saturated rings. The average Bonchev–Trinajstić information content (AvgIpc) is 3.10. The summed E-state index contributed by atoms with van der Waals surface area (Å²) in [6.07, 6.45) is 4.54. The molecule has 2 aromatic heterocycles. The molecule has 3 aromatic rings. The summed E-state index contributed by atoms with van der Waals surface area (Å²) in [5.74, 6) is 1.09. The van der Waals surface area contributed by atoms with Crippen LogP contribution in [0.25, 0.3) is 16.7 Å². The third kappa shape index (κ3) is 2.70. The predicted molar refractivity (Wildman–Crippen MR) is 86.9 cm³/mol. The molecule has 106 valence electrons. The summed E-state index contributed by atoms with van der Waals surface area (Å²) in [5, 5.41) is 11.1. The monoisotopic (exact) mass is 295 g/mol. The van der Waals surface area contributed by atoms with E-state index in [1.54, 1.807) is 0 Å². The van der Waals surface area contributed by atoms with E-state index in [0.29, 0.717) is 0 Å². The van der Waals surface area contributed by atoms with Crippen LogP contribution >= 0.6 is 11.3 Å². The molecule has 0 spiro atoms. The molecule has 3 nitrogen and oxygen atoms in total. The Labute approximate surface area is 128 Å². The number of aryl methyl sites for hydroxylation is 1. The van der Waals surface area contributed by atoms with Gasteiger partial charge in [-0.05, 0) is 24.6 Å². The zero-order valence-electron chi connectivity index (χ0n) is 12.0. The van der Waals surface area contributed by atoms with Crippen molar-refractivity contribution in [3.05, 3.63) is 46.4 Å². The Morgan fingerprint density at radius 1 is 1.29 bits per heavy atom. The second-order valence-electron chi connectivity index (χ2n) is 5.09. The quantitative estimate of drug-likeness (QED) is 0.641. The molecule has 21 heavy (non-hydrogen) atoms. The SMILES string of the molecule is CCCCCc1nc2ccccc2n1-c1csc(C#N)c1. The number of fused-ring (bicyclic) bond motifs is 1. The normalized spacial score (nSPS) is 10.9. The van der Waals surface area contributed by atoms with Gasteiger partial charge in [0.15, 0.2) is 0 Å².